The van der Waals surface area contributed by atoms with Crippen molar-refractivity contribution in [1.29, 1.82) is 0 Å². The molecule has 1 fully saturated rings. The minimum absolute atomic E-state index is 0.232. The van der Waals surface area contributed by atoms with Crippen molar-refractivity contribution in [2.24, 2.45) is 0 Å². The molecule has 0 saturated carbocycles. The number of imide groups is 1. The Morgan fingerprint density at radius 3 is 2.63 bits per heavy atom. The van der Waals surface area contributed by atoms with E-state index in [2.05, 4.69) is 12.2 Å². The van der Waals surface area contributed by atoms with Crippen LogP contribution in [-0.2, 0) is 16.0 Å². The van der Waals surface area contributed by atoms with Crippen molar-refractivity contribution in [3.63, 3.8) is 0 Å². The van der Waals surface area contributed by atoms with Crippen LogP contribution in [0.15, 0.2) is 59.5 Å². The molecular formula is C23H25N3O3S. The fourth-order valence-electron chi connectivity index (χ4n) is 3.84. The van der Waals surface area contributed by atoms with Crippen LogP contribution >= 0.6 is 11.8 Å². The lowest BCUT2D eigenvalue weighted by molar-refractivity contribution is -0.131. The number of aryl methyl sites for hydroxylation is 1. The molecule has 4 amide bonds. The molecule has 1 N–H and O–H groups in total. The van der Waals surface area contributed by atoms with Gasteiger partial charge in [0, 0.05) is 16.7 Å². The Bertz CT molecular complexity index is 950. The van der Waals surface area contributed by atoms with Gasteiger partial charge in [-0.05, 0) is 37.0 Å². The Morgan fingerprint density at radius 2 is 1.83 bits per heavy atom. The third-order valence-electron chi connectivity index (χ3n) is 5.51. The molecule has 2 aliphatic rings. The maximum absolute atomic E-state index is 13.1. The molecule has 2 aromatic rings. The van der Waals surface area contributed by atoms with Crippen molar-refractivity contribution in [2.45, 2.75) is 42.4 Å². The van der Waals surface area contributed by atoms with Gasteiger partial charge in [0.1, 0.15) is 12.6 Å². The first kappa shape index (κ1) is 20.5. The lowest BCUT2D eigenvalue weighted by Gasteiger charge is -2.24. The topological polar surface area (TPSA) is 69.7 Å². The van der Waals surface area contributed by atoms with Gasteiger partial charge >= 0.3 is 6.03 Å². The molecule has 2 aromatic carbocycles. The van der Waals surface area contributed by atoms with Crippen molar-refractivity contribution in [3.8, 4) is 0 Å². The first-order valence-corrected chi connectivity index (χ1v) is 11.1. The average Bonchev–Trinajstić information content (AvgIpc) is 2.91. The number of hydrogen-bond donors (Lipinski definition) is 1. The molecule has 1 saturated heterocycles. The van der Waals surface area contributed by atoms with Crippen LogP contribution in [-0.4, -0.2) is 47.1 Å². The van der Waals surface area contributed by atoms with Crippen molar-refractivity contribution in [1.82, 2.24) is 10.2 Å². The zero-order valence-corrected chi connectivity index (χ0v) is 17.7. The van der Waals surface area contributed by atoms with E-state index in [0.29, 0.717) is 24.6 Å². The Kier molecular flexibility index (Phi) is 6.08. The second-order valence-corrected chi connectivity index (χ2v) is 9.16. The van der Waals surface area contributed by atoms with Gasteiger partial charge in [-0.15, -0.1) is 11.8 Å². The zero-order chi connectivity index (χ0) is 21.1. The van der Waals surface area contributed by atoms with E-state index in [-0.39, 0.29) is 18.4 Å². The lowest BCUT2D eigenvalue weighted by Crippen LogP contribution is -2.44. The van der Waals surface area contributed by atoms with E-state index in [9.17, 15) is 14.4 Å². The third kappa shape index (κ3) is 4.36. The number of carbonyl (C=O) groups excluding carboxylic acids is 3. The maximum Gasteiger partial charge on any atom is 0.325 e. The van der Waals surface area contributed by atoms with E-state index in [1.165, 1.54) is 0 Å². The lowest BCUT2D eigenvalue weighted by atomic mass is 10.1. The summed E-state index contributed by atoms with van der Waals surface area (Å²) >= 11 is 1.75. The Morgan fingerprint density at radius 1 is 1.10 bits per heavy atom. The van der Waals surface area contributed by atoms with E-state index < -0.39 is 12.1 Å². The van der Waals surface area contributed by atoms with E-state index in [4.69, 9.17) is 0 Å². The first-order valence-electron chi connectivity index (χ1n) is 10.2. The standard InChI is InChI=1S/C23H25N3O3S/c1-16-13-14-25(19-9-5-6-10-20(19)30-16)21(27)15-26-22(28)18(24-23(26)29)12-11-17-7-3-2-4-8-17/h2-10,16,18H,11-15H2,1H3,(H,24,29)/t16-,18-/m0/s1. The summed E-state index contributed by atoms with van der Waals surface area (Å²) < 4.78 is 0. The number of anilines is 1. The summed E-state index contributed by atoms with van der Waals surface area (Å²) in [6.07, 6.45) is 2.05. The van der Waals surface area contributed by atoms with Gasteiger partial charge in [-0.25, -0.2) is 4.79 Å². The number of carbonyl (C=O) groups is 3. The highest BCUT2D eigenvalue weighted by Gasteiger charge is 2.39. The summed E-state index contributed by atoms with van der Waals surface area (Å²) in [4.78, 5) is 42.1. The van der Waals surface area contributed by atoms with Gasteiger partial charge in [0.25, 0.3) is 5.91 Å². The van der Waals surface area contributed by atoms with Crippen LogP contribution in [0.2, 0.25) is 0 Å². The smallest absolute Gasteiger partial charge is 0.325 e. The Balaban J connectivity index is 1.43. The van der Waals surface area contributed by atoms with Crippen molar-refractivity contribution in [2.75, 3.05) is 18.0 Å². The van der Waals surface area contributed by atoms with Gasteiger partial charge in [0.05, 0.1) is 5.69 Å². The molecule has 2 heterocycles. The van der Waals surface area contributed by atoms with Gasteiger partial charge in [0.2, 0.25) is 5.91 Å². The number of hydrogen-bond acceptors (Lipinski definition) is 4. The number of fused-ring (bicyclic) bond motifs is 1. The van der Waals surface area contributed by atoms with Gasteiger partial charge < -0.3 is 10.2 Å². The number of benzene rings is 2. The molecule has 4 rings (SSSR count). The molecule has 0 aromatic heterocycles. The summed E-state index contributed by atoms with van der Waals surface area (Å²) in [5.74, 6) is -0.556. The fourth-order valence-corrected chi connectivity index (χ4v) is 4.96. The molecule has 30 heavy (non-hydrogen) atoms. The first-order chi connectivity index (χ1) is 14.5. The van der Waals surface area contributed by atoms with E-state index in [1.807, 2.05) is 54.6 Å². The van der Waals surface area contributed by atoms with Crippen LogP contribution in [0.4, 0.5) is 10.5 Å². The number of nitrogens with zero attached hydrogens (tertiary/aromatic N) is 2. The summed E-state index contributed by atoms with van der Waals surface area (Å²) in [6, 6.07) is 16.6. The maximum atomic E-state index is 13.1. The summed E-state index contributed by atoms with van der Waals surface area (Å²) in [6.45, 7) is 2.48. The molecule has 6 nitrogen and oxygen atoms in total. The Labute approximate surface area is 180 Å². The predicted octanol–water partition coefficient (Wildman–Crippen LogP) is 3.46. The number of amides is 4. The molecule has 2 aliphatic heterocycles. The minimum atomic E-state index is -0.586. The van der Waals surface area contributed by atoms with E-state index in [1.54, 1.807) is 16.7 Å². The summed E-state index contributed by atoms with van der Waals surface area (Å²) in [5.41, 5.74) is 1.96. The molecule has 0 radical (unpaired) electrons. The second kappa shape index (κ2) is 8.92. The van der Waals surface area contributed by atoms with Crippen molar-refractivity contribution >= 4 is 35.3 Å². The number of rotatable bonds is 5. The largest absolute Gasteiger partial charge is 0.326 e. The monoisotopic (exact) mass is 423 g/mol. The highest BCUT2D eigenvalue weighted by atomic mass is 32.2. The van der Waals surface area contributed by atoms with Crippen LogP contribution in [0, 0.1) is 0 Å². The second-order valence-electron chi connectivity index (χ2n) is 7.68. The molecule has 156 valence electrons. The van der Waals surface area contributed by atoms with Crippen LogP contribution < -0.4 is 10.2 Å². The minimum Gasteiger partial charge on any atom is -0.326 e. The van der Waals surface area contributed by atoms with E-state index in [0.717, 1.165) is 27.5 Å². The highest BCUT2D eigenvalue weighted by Crippen LogP contribution is 2.37. The number of nitrogens with one attached hydrogen (secondary N) is 1. The number of thioether (sulfide) groups is 1. The van der Waals surface area contributed by atoms with Gasteiger partial charge in [-0.3, -0.25) is 14.5 Å². The number of urea groups is 1. The van der Waals surface area contributed by atoms with Gasteiger partial charge in [-0.2, -0.15) is 0 Å². The van der Waals surface area contributed by atoms with Crippen LogP contribution in [0.5, 0.6) is 0 Å². The fraction of sp³-hybridized carbons (Fsp3) is 0.348. The molecular weight excluding hydrogens is 398 g/mol. The van der Waals surface area contributed by atoms with Gasteiger partial charge in [0.15, 0.2) is 0 Å². The summed E-state index contributed by atoms with van der Waals surface area (Å²) in [7, 11) is 0. The molecule has 0 bridgehead atoms. The predicted molar refractivity (Wildman–Crippen MR) is 118 cm³/mol. The SMILES string of the molecule is C[C@H]1CCN(C(=O)CN2C(=O)N[C@@H](CCc3ccccc3)C2=O)c2ccccc2S1. The quantitative estimate of drug-likeness (QED) is 0.748. The zero-order valence-electron chi connectivity index (χ0n) is 16.9. The molecule has 2 atom stereocenters. The summed E-state index contributed by atoms with van der Waals surface area (Å²) in [5, 5.41) is 3.13. The molecule has 0 unspecified atom stereocenters. The average molecular weight is 424 g/mol. The molecule has 0 aliphatic carbocycles. The van der Waals surface area contributed by atoms with Crippen LogP contribution in [0.1, 0.15) is 25.3 Å². The van der Waals surface area contributed by atoms with Gasteiger partial charge in [-0.1, -0.05) is 49.4 Å². The van der Waals surface area contributed by atoms with Crippen molar-refractivity contribution in [3.05, 3.63) is 60.2 Å². The van der Waals surface area contributed by atoms with Crippen molar-refractivity contribution < 1.29 is 14.4 Å². The van der Waals surface area contributed by atoms with Crippen LogP contribution in [0.25, 0.3) is 0 Å². The third-order valence-corrected chi connectivity index (χ3v) is 6.75. The van der Waals surface area contributed by atoms with Crippen LogP contribution in [0.3, 0.4) is 0 Å². The molecule has 0 spiro atoms. The van der Waals surface area contributed by atoms with E-state index >= 15 is 0 Å². The number of para-hydroxylation sites is 1. The Hall–Kier alpha value is -2.80. The molecule has 7 heteroatoms. The normalized spacial score (nSPS) is 21.2. The highest BCUT2D eigenvalue weighted by molar-refractivity contribution is 8.00.